The summed E-state index contributed by atoms with van der Waals surface area (Å²) in [6, 6.07) is 7.53. The molecule has 3 nitrogen and oxygen atoms in total. The first-order valence-electron chi connectivity index (χ1n) is 5.67. The molecule has 0 radical (unpaired) electrons. The fourth-order valence-corrected chi connectivity index (χ4v) is 1.75. The second-order valence-corrected chi connectivity index (χ2v) is 4.16. The average molecular weight is 256 g/mol. The second kappa shape index (κ2) is 7.17. The monoisotopic (exact) mass is 255 g/mol. The number of methoxy groups -OCH3 is 1. The third kappa shape index (κ3) is 4.65. The largest absolute Gasteiger partial charge is 0.497 e. The number of carbonyl (C=O) groups is 1. The molecule has 94 valence electrons. The topological polar surface area (TPSA) is 38.3 Å². The molecule has 0 saturated heterocycles. The van der Waals surface area contributed by atoms with Gasteiger partial charge in [0.1, 0.15) is 5.75 Å². The van der Waals surface area contributed by atoms with Crippen LogP contribution in [0.5, 0.6) is 5.75 Å². The van der Waals surface area contributed by atoms with Gasteiger partial charge in [0.15, 0.2) is 0 Å². The van der Waals surface area contributed by atoms with Crippen LogP contribution < -0.4 is 10.1 Å². The van der Waals surface area contributed by atoms with Crippen LogP contribution in [0.25, 0.3) is 0 Å². The third-order valence-corrected chi connectivity index (χ3v) is 2.94. The summed E-state index contributed by atoms with van der Waals surface area (Å²) in [7, 11) is 1.62. The van der Waals surface area contributed by atoms with Gasteiger partial charge in [-0.1, -0.05) is 19.1 Å². The van der Waals surface area contributed by atoms with Gasteiger partial charge >= 0.3 is 0 Å². The highest BCUT2D eigenvalue weighted by atomic mass is 35.5. The first-order valence-corrected chi connectivity index (χ1v) is 6.21. The molecule has 0 heterocycles. The molecule has 1 atom stereocenters. The van der Waals surface area contributed by atoms with Gasteiger partial charge in [-0.25, -0.2) is 0 Å². The van der Waals surface area contributed by atoms with E-state index in [0.29, 0.717) is 12.3 Å². The van der Waals surface area contributed by atoms with E-state index < -0.39 is 0 Å². The fraction of sp³-hybridized carbons (Fsp3) is 0.462. The maximum absolute atomic E-state index is 11.7. The number of ether oxygens (including phenoxy) is 1. The van der Waals surface area contributed by atoms with Crippen molar-refractivity contribution in [1.29, 1.82) is 0 Å². The molecular weight excluding hydrogens is 238 g/mol. The van der Waals surface area contributed by atoms with Crippen LogP contribution in [-0.4, -0.2) is 24.9 Å². The summed E-state index contributed by atoms with van der Waals surface area (Å²) in [6.45, 7) is 2.00. The number of nitrogens with one attached hydrogen (secondary N) is 1. The summed E-state index contributed by atoms with van der Waals surface area (Å²) in [6.07, 6.45) is 1.22. The van der Waals surface area contributed by atoms with Crippen LogP contribution in [0.1, 0.15) is 18.9 Å². The van der Waals surface area contributed by atoms with Gasteiger partial charge in [-0.15, -0.1) is 11.6 Å². The van der Waals surface area contributed by atoms with Crippen LogP contribution in [0.2, 0.25) is 0 Å². The van der Waals surface area contributed by atoms with E-state index >= 15 is 0 Å². The van der Waals surface area contributed by atoms with Gasteiger partial charge in [-0.05, 0) is 24.1 Å². The van der Waals surface area contributed by atoms with Gasteiger partial charge in [-0.2, -0.15) is 0 Å². The lowest BCUT2D eigenvalue weighted by Gasteiger charge is -2.13. The molecule has 0 aliphatic rings. The summed E-state index contributed by atoms with van der Waals surface area (Å²) in [5, 5.41) is 2.89. The zero-order chi connectivity index (χ0) is 12.7. The Bertz CT molecular complexity index is 347. The molecule has 0 aliphatic carbocycles. The van der Waals surface area contributed by atoms with E-state index in [1.807, 2.05) is 31.2 Å². The van der Waals surface area contributed by atoms with Crippen molar-refractivity contribution in [2.45, 2.75) is 25.8 Å². The summed E-state index contributed by atoms with van der Waals surface area (Å²) in [5.41, 5.74) is 0.965. The Morgan fingerprint density at radius 1 is 1.41 bits per heavy atom. The van der Waals surface area contributed by atoms with Gasteiger partial charge in [0.25, 0.3) is 0 Å². The highest BCUT2D eigenvalue weighted by molar-refractivity contribution is 6.18. The minimum Gasteiger partial charge on any atom is -0.497 e. The van der Waals surface area contributed by atoms with Gasteiger partial charge in [0, 0.05) is 11.9 Å². The number of hydrogen-bond acceptors (Lipinski definition) is 2. The number of carbonyl (C=O) groups excluding carboxylic acids is 1. The highest BCUT2D eigenvalue weighted by Gasteiger charge is 2.09. The lowest BCUT2D eigenvalue weighted by molar-refractivity contribution is -0.121. The number of halogens is 1. The molecule has 1 unspecified atom stereocenters. The Labute approximate surface area is 107 Å². The minimum absolute atomic E-state index is 0.00247. The maximum atomic E-state index is 11.7. The van der Waals surface area contributed by atoms with E-state index in [4.69, 9.17) is 16.3 Å². The predicted molar refractivity (Wildman–Crippen MR) is 69.6 cm³/mol. The van der Waals surface area contributed by atoms with Crippen LogP contribution in [0.3, 0.4) is 0 Å². The van der Waals surface area contributed by atoms with Gasteiger partial charge in [-0.3, -0.25) is 4.79 Å². The molecule has 17 heavy (non-hydrogen) atoms. The van der Waals surface area contributed by atoms with Gasteiger partial charge in [0.2, 0.25) is 5.91 Å². The normalized spacial score (nSPS) is 11.9. The van der Waals surface area contributed by atoms with Crippen LogP contribution in [0.15, 0.2) is 24.3 Å². The van der Waals surface area contributed by atoms with E-state index in [1.165, 1.54) is 0 Å². The van der Waals surface area contributed by atoms with Crippen LogP contribution in [0, 0.1) is 0 Å². The Balaban J connectivity index is 2.49. The Kier molecular flexibility index (Phi) is 5.84. The predicted octanol–water partition coefficient (Wildman–Crippen LogP) is 2.37. The average Bonchev–Trinajstić information content (AvgIpc) is 2.37. The van der Waals surface area contributed by atoms with E-state index in [9.17, 15) is 4.79 Å². The number of rotatable bonds is 6. The Morgan fingerprint density at radius 3 is 2.53 bits per heavy atom. The third-order valence-electron chi connectivity index (χ3n) is 2.57. The molecule has 0 saturated carbocycles. The minimum atomic E-state index is 0.00247. The van der Waals surface area contributed by atoms with Crippen molar-refractivity contribution in [3.8, 4) is 5.75 Å². The Hall–Kier alpha value is -1.22. The van der Waals surface area contributed by atoms with Crippen LogP contribution in [0.4, 0.5) is 0 Å². The van der Waals surface area contributed by atoms with Crippen molar-refractivity contribution >= 4 is 17.5 Å². The number of hydrogen-bond donors (Lipinski definition) is 1. The van der Waals surface area contributed by atoms with E-state index in [1.54, 1.807) is 7.11 Å². The highest BCUT2D eigenvalue weighted by Crippen LogP contribution is 2.11. The molecular formula is C13H18ClNO2. The number of alkyl halides is 1. The number of benzene rings is 1. The molecule has 1 rings (SSSR count). The van der Waals surface area contributed by atoms with Crippen molar-refractivity contribution in [3.05, 3.63) is 29.8 Å². The summed E-state index contributed by atoms with van der Waals surface area (Å²) in [5.74, 6) is 1.24. The fourth-order valence-electron chi connectivity index (χ4n) is 1.46. The summed E-state index contributed by atoms with van der Waals surface area (Å²) in [4.78, 5) is 11.7. The van der Waals surface area contributed by atoms with Crippen LogP contribution >= 0.6 is 11.6 Å². The molecule has 0 aliphatic heterocycles. The van der Waals surface area contributed by atoms with Crippen molar-refractivity contribution in [2.24, 2.45) is 0 Å². The van der Waals surface area contributed by atoms with E-state index in [0.717, 1.165) is 17.7 Å². The lowest BCUT2D eigenvalue weighted by Crippen LogP contribution is -2.36. The number of amides is 1. The van der Waals surface area contributed by atoms with E-state index in [-0.39, 0.29) is 11.9 Å². The molecule has 1 aromatic carbocycles. The summed E-state index contributed by atoms with van der Waals surface area (Å²) >= 11 is 5.72. The molecule has 4 heteroatoms. The first kappa shape index (κ1) is 13.8. The SMILES string of the molecule is CCC(CCl)NC(=O)Cc1ccc(OC)cc1. The van der Waals surface area contributed by atoms with Crippen molar-refractivity contribution in [1.82, 2.24) is 5.32 Å². The molecule has 0 fully saturated rings. The van der Waals surface area contributed by atoms with Crippen LogP contribution in [-0.2, 0) is 11.2 Å². The van der Waals surface area contributed by atoms with Crippen molar-refractivity contribution in [2.75, 3.05) is 13.0 Å². The zero-order valence-electron chi connectivity index (χ0n) is 10.2. The molecule has 0 spiro atoms. The summed E-state index contributed by atoms with van der Waals surface area (Å²) < 4.78 is 5.06. The molecule has 0 bridgehead atoms. The smallest absolute Gasteiger partial charge is 0.224 e. The van der Waals surface area contributed by atoms with Gasteiger partial charge in [0.05, 0.1) is 13.5 Å². The molecule has 1 aromatic rings. The molecule has 1 N–H and O–H groups in total. The maximum Gasteiger partial charge on any atom is 0.224 e. The van der Waals surface area contributed by atoms with E-state index in [2.05, 4.69) is 5.32 Å². The lowest BCUT2D eigenvalue weighted by atomic mass is 10.1. The van der Waals surface area contributed by atoms with Crippen molar-refractivity contribution in [3.63, 3.8) is 0 Å². The quantitative estimate of drug-likeness (QED) is 0.793. The Morgan fingerprint density at radius 2 is 2.06 bits per heavy atom. The van der Waals surface area contributed by atoms with Gasteiger partial charge < -0.3 is 10.1 Å². The molecule has 1 amide bonds. The second-order valence-electron chi connectivity index (χ2n) is 3.85. The zero-order valence-corrected chi connectivity index (χ0v) is 11.0. The molecule has 0 aromatic heterocycles. The first-order chi connectivity index (χ1) is 8.19. The van der Waals surface area contributed by atoms with Crippen molar-refractivity contribution < 1.29 is 9.53 Å². The standard InChI is InChI=1S/C13H18ClNO2/c1-3-11(9-14)15-13(16)8-10-4-6-12(17-2)7-5-10/h4-7,11H,3,8-9H2,1-2H3,(H,15,16).